The molecule has 0 aliphatic rings. The summed E-state index contributed by atoms with van der Waals surface area (Å²) in [5.41, 5.74) is 28.0. The highest BCUT2D eigenvalue weighted by atomic mass is 15.0. The molecule has 0 saturated heterocycles. The number of rotatable bonds is 11. The van der Waals surface area contributed by atoms with Crippen LogP contribution in [-0.2, 0) is 0 Å². The van der Waals surface area contributed by atoms with Gasteiger partial charge in [-0.3, -0.25) is 9.97 Å². The van der Waals surface area contributed by atoms with Crippen LogP contribution in [0, 0.1) is 0 Å². The average Bonchev–Trinajstić information content (AvgIpc) is 1.16. The average molecular weight is 1420 g/mol. The van der Waals surface area contributed by atoms with Crippen LogP contribution in [-0.4, -0.2) is 19.1 Å². The van der Waals surface area contributed by atoms with Crippen molar-refractivity contribution in [2.75, 3.05) is 0 Å². The summed E-state index contributed by atoms with van der Waals surface area (Å²) < 4.78 is 4.79. The Morgan fingerprint density at radius 2 is 0.509 bits per heavy atom. The Kier molecular flexibility index (Phi) is 16.2. The van der Waals surface area contributed by atoms with Gasteiger partial charge in [0.2, 0.25) is 0 Å². The third-order valence-electron chi connectivity index (χ3n) is 22.7. The van der Waals surface area contributed by atoms with E-state index < -0.39 is 0 Å². The summed E-state index contributed by atoms with van der Waals surface area (Å²) in [5, 5.41) is 17.3. The number of benzene rings is 18. The fourth-order valence-corrected chi connectivity index (χ4v) is 17.5. The largest absolute Gasteiger partial charge is 0.309 e. The molecule has 0 N–H and O–H groups in total. The fraction of sp³-hybridized carbons (Fsp3) is 0. The van der Waals surface area contributed by atoms with Gasteiger partial charge in [-0.2, -0.15) is 0 Å². The second-order valence-electron chi connectivity index (χ2n) is 29.0. The summed E-state index contributed by atoms with van der Waals surface area (Å²) in [6.45, 7) is 0. The van der Waals surface area contributed by atoms with Gasteiger partial charge in [-0.1, -0.05) is 358 Å². The van der Waals surface area contributed by atoms with Gasteiger partial charge in [-0.05, 0) is 170 Å². The van der Waals surface area contributed by atoms with E-state index in [2.05, 4.69) is 428 Å². The number of hydrogen-bond donors (Lipinski definition) is 0. The second-order valence-corrected chi connectivity index (χ2v) is 29.0. The van der Waals surface area contributed by atoms with Crippen LogP contribution in [0.5, 0.6) is 0 Å². The standard InChI is InChI=1S/C55H36N2.C53H34N2/c1-3-13-37(14-4-1)38-25-29-41(30-26-38)54-46-18-7-9-20-48(46)55(49-21-10-8-19-47(49)54)43-31-33-51(56-36-43)40-27-23-39(24-28-40)42-32-34-53-50(35-42)45-17-11-12-22-52(45)57(53)44-15-5-2-6-16-44;1-3-14-35(15-4-1)36-26-28-38(29-27-36)50-42-20-9-11-22-44(42)51(45-23-12-10-21-43(45)50)39-31-33-49(54-34-39)48-25-13-24-46-47-32-30-37-16-7-8-19-41(37)52(47)55(53(46)48)40-17-5-2-6-18-40/h1-36H;1-34H. The highest BCUT2D eigenvalue weighted by molar-refractivity contribution is 6.24. The van der Waals surface area contributed by atoms with E-state index in [9.17, 15) is 0 Å². The topological polar surface area (TPSA) is 35.6 Å². The Hall–Kier alpha value is -14.8. The Bertz CT molecular complexity index is 7220. The summed E-state index contributed by atoms with van der Waals surface area (Å²) in [7, 11) is 0. The fourth-order valence-electron chi connectivity index (χ4n) is 17.5. The molecule has 0 aliphatic carbocycles. The molecule has 4 heterocycles. The lowest BCUT2D eigenvalue weighted by Crippen LogP contribution is -1.96. The third-order valence-corrected chi connectivity index (χ3v) is 22.7. The molecule has 522 valence electrons. The van der Waals surface area contributed by atoms with Crippen molar-refractivity contribution in [2.24, 2.45) is 0 Å². The molecule has 4 aromatic heterocycles. The Morgan fingerprint density at radius 3 is 0.991 bits per heavy atom. The highest BCUT2D eigenvalue weighted by Crippen LogP contribution is 2.48. The number of nitrogens with zero attached hydrogens (tertiary/aromatic N) is 4. The SMILES string of the molecule is c1ccc(-c2ccc(-c3c4ccccc4c(-c4ccc(-c5ccc(-c6ccc7c(c6)c6ccccc6n7-c6ccccc6)cc5)nc4)c4ccccc34)cc2)cc1.c1ccc(-c2ccc(-c3c4ccccc4c(-c4ccc(-c5cccc6c7ccc8ccccc8c7n(-c7ccccc7)c56)nc4)c4ccccc34)cc2)cc1. The lowest BCUT2D eigenvalue weighted by Gasteiger charge is -2.18. The Labute approximate surface area is 649 Å². The Morgan fingerprint density at radius 1 is 0.170 bits per heavy atom. The van der Waals surface area contributed by atoms with Crippen molar-refractivity contribution in [1.29, 1.82) is 0 Å². The zero-order valence-electron chi connectivity index (χ0n) is 61.2. The third kappa shape index (κ3) is 11.3. The molecule has 4 heteroatoms. The van der Waals surface area contributed by atoms with Gasteiger partial charge in [0.05, 0.1) is 33.5 Å². The molecule has 0 atom stereocenters. The zero-order valence-corrected chi connectivity index (χ0v) is 61.2. The molecular formula is C108H70N4. The van der Waals surface area contributed by atoms with Gasteiger partial charge >= 0.3 is 0 Å². The first-order valence-corrected chi connectivity index (χ1v) is 38.4. The predicted molar refractivity (Wildman–Crippen MR) is 474 cm³/mol. The summed E-state index contributed by atoms with van der Waals surface area (Å²) in [6, 6.07) is 149. The minimum atomic E-state index is 0.947. The number of para-hydroxylation sites is 4. The van der Waals surface area contributed by atoms with E-state index >= 15 is 0 Å². The van der Waals surface area contributed by atoms with Crippen molar-refractivity contribution < 1.29 is 0 Å². The first-order chi connectivity index (χ1) is 55.6. The van der Waals surface area contributed by atoms with Crippen molar-refractivity contribution in [3.8, 4) is 112 Å². The van der Waals surface area contributed by atoms with E-state index in [1.165, 1.54) is 170 Å². The molecule has 0 spiro atoms. The summed E-state index contributed by atoms with van der Waals surface area (Å²) in [6.07, 6.45) is 4.11. The van der Waals surface area contributed by atoms with E-state index in [1.54, 1.807) is 0 Å². The molecule has 0 radical (unpaired) electrons. The molecule has 22 aromatic rings. The second kappa shape index (κ2) is 27.7. The van der Waals surface area contributed by atoms with Gasteiger partial charge < -0.3 is 9.13 Å². The van der Waals surface area contributed by atoms with Crippen LogP contribution in [0.3, 0.4) is 0 Å². The first kappa shape index (κ1) is 65.5. The van der Waals surface area contributed by atoms with Gasteiger partial charge in [0.1, 0.15) is 0 Å². The summed E-state index contributed by atoms with van der Waals surface area (Å²) >= 11 is 0. The van der Waals surface area contributed by atoms with Crippen LogP contribution in [0.1, 0.15) is 0 Å². The van der Waals surface area contributed by atoms with Gasteiger partial charge in [0, 0.05) is 73.0 Å². The molecule has 112 heavy (non-hydrogen) atoms. The van der Waals surface area contributed by atoms with E-state index in [1.807, 2.05) is 6.20 Å². The molecular weight excluding hydrogens is 1350 g/mol. The monoisotopic (exact) mass is 1420 g/mol. The maximum absolute atomic E-state index is 5.26. The Balaban J connectivity index is 0.000000142. The lowest BCUT2D eigenvalue weighted by atomic mass is 9.86. The molecule has 0 aliphatic heterocycles. The number of hydrogen-bond acceptors (Lipinski definition) is 2. The maximum atomic E-state index is 5.26. The van der Waals surface area contributed by atoms with E-state index in [0.29, 0.717) is 0 Å². The van der Waals surface area contributed by atoms with Crippen LogP contribution in [0.2, 0.25) is 0 Å². The molecule has 0 amide bonds. The first-order valence-electron chi connectivity index (χ1n) is 38.4. The molecule has 0 bridgehead atoms. The number of aromatic nitrogens is 4. The number of fused-ring (bicyclic) bond motifs is 12. The molecule has 0 fully saturated rings. The van der Waals surface area contributed by atoms with Crippen molar-refractivity contribution in [1.82, 2.24) is 19.1 Å². The van der Waals surface area contributed by atoms with Gasteiger partial charge in [-0.25, -0.2) is 0 Å². The van der Waals surface area contributed by atoms with E-state index in [0.717, 1.165) is 39.3 Å². The molecule has 18 aromatic carbocycles. The van der Waals surface area contributed by atoms with Crippen molar-refractivity contribution in [3.05, 3.63) is 425 Å². The maximum Gasteiger partial charge on any atom is 0.0723 e. The van der Waals surface area contributed by atoms with Crippen LogP contribution < -0.4 is 0 Å². The molecule has 4 nitrogen and oxygen atoms in total. The van der Waals surface area contributed by atoms with Crippen LogP contribution in [0.15, 0.2) is 425 Å². The number of pyridine rings is 2. The minimum Gasteiger partial charge on any atom is -0.309 e. The lowest BCUT2D eigenvalue weighted by molar-refractivity contribution is 1.18. The van der Waals surface area contributed by atoms with Gasteiger partial charge in [0.25, 0.3) is 0 Å². The smallest absolute Gasteiger partial charge is 0.0723 e. The minimum absolute atomic E-state index is 0.947. The predicted octanol–water partition coefficient (Wildman–Crippen LogP) is 29.1. The molecule has 22 rings (SSSR count). The van der Waals surface area contributed by atoms with Crippen LogP contribution in [0.4, 0.5) is 0 Å². The van der Waals surface area contributed by atoms with Crippen LogP contribution >= 0.6 is 0 Å². The van der Waals surface area contributed by atoms with E-state index in [4.69, 9.17) is 9.97 Å². The van der Waals surface area contributed by atoms with Crippen molar-refractivity contribution >= 4 is 97.5 Å². The van der Waals surface area contributed by atoms with Gasteiger partial charge in [0.15, 0.2) is 0 Å². The van der Waals surface area contributed by atoms with Gasteiger partial charge in [-0.15, -0.1) is 0 Å². The normalized spacial score (nSPS) is 11.6. The van der Waals surface area contributed by atoms with Crippen LogP contribution in [0.25, 0.3) is 209 Å². The van der Waals surface area contributed by atoms with E-state index in [-0.39, 0.29) is 0 Å². The quantitative estimate of drug-likeness (QED) is 0.121. The molecule has 0 unspecified atom stereocenters. The van der Waals surface area contributed by atoms with Crippen molar-refractivity contribution in [3.63, 3.8) is 0 Å². The molecule has 0 saturated carbocycles. The summed E-state index contributed by atoms with van der Waals surface area (Å²) in [4.78, 5) is 10.3. The van der Waals surface area contributed by atoms with Crippen molar-refractivity contribution in [2.45, 2.75) is 0 Å². The zero-order chi connectivity index (χ0) is 74.0. The highest BCUT2D eigenvalue weighted by Gasteiger charge is 2.23. The summed E-state index contributed by atoms with van der Waals surface area (Å²) in [5.74, 6) is 0.